The highest BCUT2D eigenvalue weighted by Crippen LogP contribution is 2.15. The lowest BCUT2D eigenvalue weighted by atomic mass is 10.1. The molecule has 2 aromatic rings. The summed E-state index contributed by atoms with van der Waals surface area (Å²) in [6, 6.07) is 6.52. The Balaban J connectivity index is 1.69. The molecule has 8 heteroatoms. The first-order chi connectivity index (χ1) is 11.1. The molecule has 0 fully saturated rings. The molecule has 0 saturated heterocycles. The van der Waals surface area contributed by atoms with Crippen LogP contribution in [0.3, 0.4) is 0 Å². The zero-order chi connectivity index (χ0) is 16.7. The number of aliphatic hydroxyl groups excluding tert-OH is 1. The average Bonchev–Trinajstić information content (AvgIpc) is 3.01. The zero-order valence-corrected chi connectivity index (χ0v) is 13.6. The number of hydrogen-bond donors (Lipinski definition) is 3. The van der Waals surface area contributed by atoms with Crippen LogP contribution in [0.4, 0.5) is 4.79 Å². The van der Waals surface area contributed by atoms with Crippen LogP contribution in [0.25, 0.3) is 0 Å². The number of nitrogens with zero attached hydrogens (tertiary/aromatic N) is 3. The van der Waals surface area contributed by atoms with Crippen molar-refractivity contribution >= 4 is 17.6 Å². The number of amides is 2. The van der Waals surface area contributed by atoms with E-state index in [9.17, 15) is 9.90 Å². The molecule has 7 nitrogen and oxygen atoms in total. The van der Waals surface area contributed by atoms with Crippen molar-refractivity contribution in [3.63, 3.8) is 0 Å². The number of nitrogens with one attached hydrogen (secondary N) is 2. The predicted octanol–water partition coefficient (Wildman–Crippen LogP) is 1.53. The summed E-state index contributed by atoms with van der Waals surface area (Å²) in [5.74, 6) is 0.880. The maximum atomic E-state index is 11.7. The fourth-order valence-corrected chi connectivity index (χ4v) is 2.21. The molecule has 3 N–H and O–H groups in total. The van der Waals surface area contributed by atoms with E-state index in [1.54, 1.807) is 30.6 Å². The zero-order valence-electron chi connectivity index (χ0n) is 12.9. The van der Waals surface area contributed by atoms with Crippen molar-refractivity contribution in [2.45, 2.75) is 26.0 Å². The Morgan fingerprint density at radius 1 is 1.35 bits per heavy atom. The summed E-state index contributed by atoms with van der Waals surface area (Å²) in [5, 5.41) is 23.8. The molecule has 0 radical (unpaired) electrons. The number of urea groups is 1. The minimum absolute atomic E-state index is 0.125. The van der Waals surface area contributed by atoms with E-state index in [0.717, 1.165) is 12.2 Å². The fourth-order valence-electron chi connectivity index (χ4n) is 2.08. The molecule has 0 saturated carbocycles. The lowest BCUT2D eigenvalue weighted by Gasteiger charge is -2.13. The molecule has 1 unspecified atom stereocenters. The smallest absolute Gasteiger partial charge is 0.314 e. The van der Waals surface area contributed by atoms with E-state index in [2.05, 4.69) is 20.8 Å². The summed E-state index contributed by atoms with van der Waals surface area (Å²) >= 11 is 5.79. The fraction of sp³-hybridized carbons (Fsp3) is 0.400. The van der Waals surface area contributed by atoms with Gasteiger partial charge in [-0.05, 0) is 17.7 Å². The number of hydrogen-bond acceptors (Lipinski definition) is 4. The van der Waals surface area contributed by atoms with Crippen molar-refractivity contribution in [3.05, 3.63) is 47.0 Å². The molecule has 1 aromatic heterocycles. The summed E-state index contributed by atoms with van der Waals surface area (Å²) in [4.78, 5) is 11.7. The van der Waals surface area contributed by atoms with Crippen LogP contribution in [0, 0.1) is 0 Å². The Labute approximate surface area is 139 Å². The van der Waals surface area contributed by atoms with Gasteiger partial charge < -0.3 is 20.3 Å². The third kappa shape index (κ3) is 5.22. The van der Waals surface area contributed by atoms with E-state index in [-0.39, 0.29) is 12.6 Å². The van der Waals surface area contributed by atoms with Crippen molar-refractivity contribution in [1.29, 1.82) is 0 Å². The van der Waals surface area contributed by atoms with Gasteiger partial charge in [0.1, 0.15) is 12.2 Å². The molecule has 1 heterocycles. The number of halogens is 1. The molecular formula is C15H20ClN5O2. The third-order valence-electron chi connectivity index (χ3n) is 3.36. The van der Waals surface area contributed by atoms with Crippen LogP contribution in [-0.4, -0.2) is 39.0 Å². The van der Waals surface area contributed by atoms with Gasteiger partial charge in [0.15, 0.2) is 0 Å². The maximum absolute atomic E-state index is 11.7. The molecule has 0 spiro atoms. The van der Waals surface area contributed by atoms with Crippen molar-refractivity contribution in [3.8, 4) is 0 Å². The lowest BCUT2D eigenvalue weighted by Crippen LogP contribution is -2.39. The first kappa shape index (κ1) is 17.2. The predicted molar refractivity (Wildman–Crippen MR) is 87.2 cm³/mol. The van der Waals surface area contributed by atoms with Gasteiger partial charge in [0.05, 0.1) is 6.10 Å². The number of carbonyl (C=O) groups is 1. The van der Waals surface area contributed by atoms with Crippen LogP contribution >= 0.6 is 11.6 Å². The monoisotopic (exact) mass is 337 g/mol. The van der Waals surface area contributed by atoms with Crippen LogP contribution in [0.5, 0.6) is 0 Å². The second-order valence-corrected chi connectivity index (χ2v) is 5.43. The summed E-state index contributed by atoms with van der Waals surface area (Å²) in [6.45, 7) is 3.18. The number of rotatable bonds is 7. The van der Waals surface area contributed by atoms with Gasteiger partial charge in [0.2, 0.25) is 0 Å². The van der Waals surface area contributed by atoms with Crippen LogP contribution in [0.1, 0.15) is 24.4 Å². The summed E-state index contributed by atoms with van der Waals surface area (Å²) < 4.78 is 1.89. The van der Waals surface area contributed by atoms with E-state index in [0.29, 0.717) is 23.7 Å². The number of aliphatic hydroxyl groups is 1. The first-order valence-electron chi connectivity index (χ1n) is 7.42. The molecule has 0 aliphatic carbocycles. The number of benzene rings is 1. The van der Waals surface area contributed by atoms with E-state index in [1.807, 2.05) is 11.5 Å². The Bertz CT molecular complexity index is 629. The second-order valence-electron chi connectivity index (χ2n) is 5.00. The maximum Gasteiger partial charge on any atom is 0.314 e. The highest BCUT2D eigenvalue weighted by molar-refractivity contribution is 6.30. The largest absolute Gasteiger partial charge is 0.387 e. The highest BCUT2D eigenvalue weighted by Gasteiger charge is 2.09. The molecule has 0 aliphatic rings. The van der Waals surface area contributed by atoms with Crippen LogP contribution in [0.2, 0.25) is 5.02 Å². The van der Waals surface area contributed by atoms with Crippen molar-refractivity contribution in [2.24, 2.45) is 0 Å². The van der Waals surface area contributed by atoms with Gasteiger partial charge >= 0.3 is 6.03 Å². The number of carbonyl (C=O) groups excluding carboxylic acids is 1. The van der Waals surface area contributed by atoms with Gasteiger partial charge in [-0.3, -0.25) is 0 Å². The van der Waals surface area contributed by atoms with Gasteiger partial charge in [-0.15, -0.1) is 10.2 Å². The molecule has 0 bridgehead atoms. The van der Waals surface area contributed by atoms with Crippen LogP contribution in [-0.2, 0) is 13.0 Å². The summed E-state index contributed by atoms with van der Waals surface area (Å²) in [7, 11) is 0. The van der Waals surface area contributed by atoms with E-state index in [4.69, 9.17) is 11.6 Å². The normalized spacial score (nSPS) is 12.0. The summed E-state index contributed by atoms with van der Waals surface area (Å²) in [5.41, 5.74) is 0.701. The van der Waals surface area contributed by atoms with Gasteiger partial charge in [0.25, 0.3) is 0 Å². The lowest BCUT2D eigenvalue weighted by molar-refractivity contribution is 0.173. The average molecular weight is 338 g/mol. The molecule has 1 aromatic carbocycles. The van der Waals surface area contributed by atoms with E-state index >= 15 is 0 Å². The van der Waals surface area contributed by atoms with Crippen molar-refractivity contribution in [1.82, 2.24) is 25.4 Å². The molecule has 124 valence electrons. The molecule has 0 aliphatic heterocycles. The highest BCUT2D eigenvalue weighted by atomic mass is 35.5. The Kier molecular flexibility index (Phi) is 6.37. The SMILES string of the molecule is CCc1nncn1CCNC(=O)NCC(O)c1ccc(Cl)cc1. The first-order valence-corrected chi connectivity index (χ1v) is 7.80. The molecule has 2 rings (SSSR count). The molecule has 1 atom stereocenters. The third-order valence-corrected chi connectivity index (χ3v) is 3.61. The number of aryl methyl sites for hydroxylation is 1. The molecule has 23 heavy (non-hydrogen) atoms. The minimum Gasteiger partial charge on any atom is -0.387 e. The van der Waals surface area contributed by atoms with Gasteiger partial charge in [-0.1, -0.05) is 30.7 Å². The van der Waals surface area contributed by atoms with E-state index in [1.165, 1.54) is 0 Å². The van der Waals surface area contributed by atoms with Crippen molar-refractivity contribution < 1.29 is 9.90 Å². The second kappa shape index (κ2) is 8.50. The van der Waals surface area contributed by atoms with Crippen molar-refractivity contribution in [2.75, 3.05) is 13.1 Å². The standard InChI is InChI=1S/C15H20ClN5O2/c1-2-14-20-19-10-21(14)8-7-17-15(23)18-9-13(22)11-3-5-12(16)6-4-11/h3-6,10,13,22H,2,7-9H2,1H3,(H2,17,18,23). The van der Waals surface area contributed by atoms with Crippen LogP contribution < -0.4 is 10.6 Å². The molecule has 2 amide bonds. The van der Waals surface area contributed by atoms with E-state index < -0.39 is 6.10 Å². The summed E-state index contributed by atoms with van der Waals surface area (Å²) in [6.07, 6.45) is 1.66. The minimum atomic E-state index is -0.775. The Hall–Kier alpha value is -2.12. The molecular weight excluding hydrogens is 318 g/mol. The number of aromatic nitrogens is 3. The quantitative estimate of drug-likeness (QED) is 0.714. The van der Waals surface area contributed by atoms with Crippen LogP contribution in [0.15, 0.2) is 30.6 Å². The van der Waals surface area contributed by atoms with Gasteiger partial charge in [-0.2, -0.15) is 0 Å². The Morgan fingerprint density at radius 3 is 2.78 bits per heavy atom. The topological polar surface area (TPSA) is 92.1 Å². The van der Waals surface area contributed by atoms with Gasteiger partial charge in [0, 0.05) is 31.1 Å². The van der Waals surface area contributed by atoms with Gasteiger partial charge in [-0.25, -0.2) is 4.79 Å². The Morgan fingerprint density at radius 2 is 2.09 bits per heavy atom.